The van der Waals surface area contributed by atoms with Crippen molar-refractivity contribution in [3.05, 3.63) is 54.4 Å². The van der Waals surface area contributed by atoms with Gasteiger partial charge in [-0.05, 0) is 23.8 Å². The molecule has 0 radical (unpaired) electrons. The molecular formula is C11H8F4. The van der Waals surface area contributed by atoms with Crippen LogP contribution in [0.5, 0.6) is 0 Å². The first kappa shape index (κ1) is 11.5. The van der Waals surface area contributed by atoms with Gasteiger partial charge in [0.1, 0.15) is 5.82 Å². The molecule has 0 nitrogen and oxygen atoms in total. The molecule has 0 atom stereocenters. The van der Waals surface area contributed by atoms with Gasteiger partial charge >= 0.3 is 6.18 Å². The SMILES string of the molecule is C=CC(=C)c1cc(C(F)(F)F)ccc1F. The zero-order valence-corrected chi connectivity index (χ0v) is 7.74. The Labute approximate surface area is 84.5 Å². The van der Waals surface area contributed by atoms with Crippen molar-refractivity contribution in [1.29, 1.82) is 0 Å². The summed E-state index contributed by atoms with van der Waals surface area (Å²) in [4.78, 5) is 0. The lowest BCUT2D eigenvalue weighted by Crippen LogP contribution is -2.05. The van der Waals surface area contributed by atoms with E-state index in [-0.39, 0.29) is 11.1 Å². The Bertz CT molecular complexity index is 402. The molecule has 1 aromatic carbocycles. The summed E-state index contributed by atoms with van der Waals surface area (Å²) >= 11 is 0. The first-order valence-electron chi connectivity index (χ1n) is 4.04. The summed E-state index contributed by atoms with van der Waals surface area (Å²) in [6.07, 6.45) is -3.28. The molecular weight excluding hydrogens is 208 g/mol. The van der Waals surface area contributed by atoms with E-state index in [1.807, 2.05) is 0 Å². The fourth-order valence-corrected chi connectivity index (χ4v) is 1.06. The summed E-state index contributed by atoms with van der Waals surface area (Å²) < 4.78 is 50.0. The molecule has 15 heavy (non-hydrogen) atoms. The average Bonchev–Trinajstić information content (AvgIpc) is 2.15. The highest BCUT2D eigenvalue weighted by atomic mass is 19.4. The highest BCUT2D eigenvalue weighted by molar-refractivity contribution is 5.72. The topological polar surface area (TPSA) is 0 Å². The highest BCUT2D eigenvalue weighted by Gasteiger charge is 2.31. The molecule has 0 unspecified atom stereocenters. The number of benzene rings is 1. The molecule has 1 rings (SSSR count). The van der Waals surface area contributed by atoms with E-state index in [0.29, 0.717) is 6.07 Å². The van der Waals surface area contributed by atoms with E-state index in [1.54, 1.807) is 0 Å². The maximum absolute atomic E-state index is 13.1. The van der Waals surface area contributed by atoms with Gasteiger partial charge in [-0.25, -0.2) is 4.39 Å². The van der Waals surface area contributed by atoms with Crippen molar-refractivity contribution in [1.82, 2.24) is 0 Å². The normalized spacial score (nSPS) is 11.2. The van der Waals surface area contributed by atoms with Gasteiger partial charge in [-0.3, -0.25) is 0 Å². The van der Waals surface area contributed by atoms with Gasteiger partial charge in [-0.15, -0.1) is 0 Å². The van der Waals surface area contributed by atoms with Crippen LogP contribution in [0.15, 0.2) is 37.4 Å². The average molecular weight is 216 g/mol. The van der Waals surface area contributed by atoms with Crippen molar-refractivity contribution >= 4 is 5.57 Å². The summed E-state index contributed by atoms with van der Waals surface area (Å²) in [5, 5.41) is 0. The lowest BCUT2D eigenvalue weighted by atomic mass is 10.0. The first-order valence-corrected chi connectivity index (χ1v) is 4.04. The molecule has 0 heterocycles. The number of hydrogen-bond acceptors (Lipinski definition) is 0. The van der Waals surface area contributed by atoms with Gasteiger partial charge in [-0.2, -0.15) is 13.2 Å². The zero-order chi connectivity index (χ0) is 11.6. The minimum absolute atomic E-state index is 0.124. The summed E-state index contributed by atoms with van der Waals surface area (Å²) in [6, 6.07) is 2.18. The number of hydrogen-bond donors (Lipinski definition) is 0. The molecule has 80 valence electrons. The van der Waals surface area contributed by atoms with Gasteiger partial charge in [-0.1, -0.05) is 19.2 Å². The van der Waals surface area contributed by atoms with Crippen LogP contribution in [0, 0.1) is 5.82 Å². The van der Waals surface area contributed by atoms with Crippen LogP contribution in [-0.4, -0.2) is 0 Å². The molecule has 0 amide bonds. The maximum atomic E-state index is 13.1. The van der Waals surface area contributed by atoms with E-state index in [9.17, 15) is 17.6 Å². The standard InChI is InChI=1S/C11H8F4/c1-3-7(2)9-6-8(11(13,14)15)4-5-10(9)12/h3-6H,1-2H2. The highest BCUT2D eigenvalue weighted by Crippen LogP contribution is 2.31. The lowest BCUT2D eigenvalue weighted by Gasteiger charge is -2.09. The van der Waals surface area contributed by atoms with Crippen molar-refractivity contribution in [2.75, 3.05) is 0 Å². The van der Waals surface area contributed by atoms with E-state index >= 15 is 0 Å². The third-order valence-corrected chi connectivity index (χ3v) is 1.89. The van der Waals surface area contributed by atoms with Gasteiger partial charge in [0.15, 0.2) is 0 Å². The maximum Gasteiger partial charge on any atom is 0.416 e. The van der Waals surface area contributed by atoms with Crippen LogP contribution in [0.4, 0.5) is 17.6 Å². The van der Waals surface area contributed by atoms with E-state index in [2.05, 4.69) is 13.2 Å². The van der Waals surface area contributed by atoms with Crippen LogP contribution in [-0.2, 0) is 6.18 Å². The molecule has 0 spiro atoms. The smallest absolute Gasteiger partial charge is 0.206 e. The number of halogens is 4. The minimum Gasteiger partial charge on any atom is -0.206 e. The second-order valence-electron chi connectivity index (χ2n) is 2.92. The monoisotopic (exact) mass is 216 g/mol. The van der Waals surface area contributed by atoms with Crippen molar-refractivity contribution in [2.24, 2.45) is 0 Å². The Kier molecular flexibility index (Phi) is 2.98. The van der Waals surface area contributed by atoms with Crippen LogP contribution >= 0.6 is 0 Å². The second-order valence-corrected chi connectivity index (χ2v) is 2.92. The Balaban J connectivity index is 3.29. The van der Waals surface area contributed by atoms with Crippen molar-refractivity contribution < 1.29 is 17.6 Å². The molecule has 0 aromatic heterocycles. The molecule has 0 aliphatic heterocycles. The molecule has 0 N–H and O–H groups in total. The molecule has 0 fully saturated rings. The third-order valence-electron chi connectivity index (χ3n) is 1.89. The van der Waals surface area contributed by atoms with Crippen LogP contribution in [0.3, 0.4) is 0 Å². The fraction of sp³-hybridized carbons (Fsp3) is 0.0909. The summed E-state index contributed by atoms with van der Waals surface area (Å²) in [5.74, 6) is -0.743. The van der Waals surface area contributed by atoms with Gasteiger partial charge in [0.05, 0.1) is 5.56 Å². The molecule has 4 heteroatoms. The van der Waals surface area contributed by atoms with Crippen molar-refractivity contribution in [3.63, 3.8) is 0 Å². The number of alkyl halides is 3. The zero-order valence-electron chi connectivity index (χ0n) is 7.74. The molecule has 0 saturated heterocycles. The van der Waals surface area contributed by atoms with Gasteiger partial charge in [0, 0.05) is 5.56 Å². The summed E-state index contributed by atoms with van der Waals surface area (Å²) in [6.45, 7) is 6.72. The quantitative estimate of drug-likeness (QED) is 0.517. The first-order chi connectivity index (χ1) is 6.86. The largest absolute Gasteiger partial charge is 0.416 e. The van der Waals surface area contributed by atoms with Crippen molar-refractivity contribution in [2.45, 2.75) is 6.18 Å². The molecule has 0 bridgehead atoms. The second kappa shape index (κ2) is 3.88. The van der Waals surface area contributed by atoms with E-state index in [4.69, 9.17) is 0 Å². The molecule has 0 aliphatic rings. The minimum atomic E-state index is -4.48. The molecule has 0 aliphatic carbocycles. The van der Waals surface area contributed by atoms with Crippen LogP contribution in [0.2, 0.25) is 0 Å². The predicted octanol–water partition coefficient (Wildman–Crippen LogP) is 4.04. The van der Waals surface area contributed by atoms with Gasteiger partial charge < -0.3 is 0 Å². The predicted molar refractivity (Wildman–Crippen MR) is 50.6 cm³/mol. The lowest BCUT2D eigenvalue weighted by molar-refractivity contribution is -0.137. The summed E-state index contributed by atoms with van der Waals surface area (Å²) in [5.41, 5.74) is -0.958. The molecule has 1 aromatic rings. The Morgan fingerprint density at radius 3 is 2.33 bits per heavy atom. The third kappa shape index (κ3) is 2.46. The van der Waals surface area contributed by atoms with Crippen LogP contribution < -0.4 is 0 Å². The van der Waals surface area contributed by atoms with Gasteiger partial charge in [0.25, 0.3) is 0 Å². The number of allylic oxidation sites excluding steroid dienone is 2. The van der Waals surface area contributed by atoms with Crippen molar-refractivity contribution in [3.8, 4) is 0 Å². The van der Waals surface area contributed by atoms with Crippen LogP contribution in [0.1, 0.15) is 11.1 Å². The van der Waals surface area contributed by atoms with E-state index in [1.165, 1.54) is 6.08 Å². The Hall–Kier alpha value is -1.58. The molecule has 0 saturated carbocycles. The Morgan fingerprint density at radius 2 is 1.87 bits per heavy atom. The summed E-state index contributed by atoms with van der Waals surface area (Å²) in [7, 11) is 0. The fourth-order valence-electron chi connectivity index (χ4n) is 1.06. The Morgan fingerprint density at radius 1 is 1.27 bits per heavy atom. The van der Waals surface area contributed by atoms with E-state index in [0.717, 1.165) is 12.1 Å². The van der Waals surface area contributed by atoms with Gasteiger partial charge in [0.2, 0.25) is 0 Å². The number of rotatable bonds is 2. The van der Waals surface area contributed by atoms with E-state index < -0.39 is 17.6 Å². The van der Waals surface area contributed by atoms with Crippen LogP contribution in [0.25, 0.3) is 5.57 Å².